The number of aromatic nitrogens is 1. The third-order valence-electron chi connectivity index (χ3n) is 3.56. The quantitative estimate of drug-likeness (QED) is 0.816. The predicted molar refractivity (Wildman–Crippen MR) is 82.1 cm³/mol. The van der Waals surface area contributed by atoms with Gasteiger partial charge in [0, 0.05) is 31.7 Å². The second-order valence-corrected chi connectivity index (χ2v) is 6.70. The number of carbonyl (C=O) groups is 1. The lowest BCUT2D eigenvalue weighted by atomic mass is 10.2. The van der Waals surface area contributed by atoms with Crippen LogP contribution in [0.15, 0.2) is 39.8 Å². The molecule has 3 rings (SSSR count). The van der Waals surface area contributed by atoms with Gasteiger partial charge in [-0.15, -0.1) is 0 Å². The number of hydrogen-bond acceptors (Lipinski definition) is 6. The lowest BCUT2D eigenvalue weighted by molar-refractivity contribution is 0.0696. The van der Waals surface area contributed by atoms with Gasteiger partial charge in [0.2, 0.25) is 10.0 Å². The summed E-state index contributed by atoms with van der Waals surface area (Å²) in [5.74, 6) is 0.167. The fourth-order valence-corrected chi connectivity index (χ4v) is 2.83. The van der Waals surface area contributed by atoms with Crippen molar-refractivity contribution in [1.29, 1.82) is 0 Å². The van der Waals surface area contributed by atoms with Crippen LogP contribution in [0.2, 0.25) is 0 Å². The molecule has 0 aliphatic carbocycles. The molecule has 8 nitrogen and oxygen atoms in total. The summed E-state index contributed by atoms with van der Waals surface area (Å²) in [4.78, 5) is 18.0. The molecule has 2 aromatic rings. The van der Waals surface area contributed by atoms with Gasteiger partial charge in [-0.25, -0.2) is 18.5 Å². The van der Waals surface area contributed by atoms with E-state index in [1.54, 1.807) is 17.0 Å². The minimum Gasteiger partial charge on any atom is -0.432 e. The molecule has 0 bridgehead atoms. The smallest absolute Gasteiger partial charge is 0.309 e. The molecule has 1 fully saturated rings. The minimum atomic E-state index is -3.74. The van der Waals surface area contributed by atoms with E-state index in [2.05, 4.69) is 10.3 Å². The molecule has 1 aliphatic heterocycles. The van der Waals surface area contributed by atoms with Crippen LogP contribution in [0.25, 0.3) is 11.3 Å². The zero-order valence-electron chi connectivity index (χ0n) is 12.2. The van der Waals surface area contributed by atoms with Crippen LogP contribution in [0.1, 0.15) is 10.7 Å². The van der Waals surface area contributed by atoms with Crippen molar-refractivity contribution in [2.24, 2.45) is 5.14 Å². The highest BCUT2D eigenvalue weighted by Gasteiger charge is 2.22. The molecule has 2 heterocycles. The Hall–Kier alpha value is -2.23. The van der Waals surface area contributed by atoms with Crippen LogP contribution in [0.4, 0.5) is 0 Å². The normalized spacial score (nSPS) is 15.6. The molecule has 9 heteroatoms. The SMILES string of the molecule is NS(=O)(=O)c1ccc(-c2cnc(C(=O)N3CCNCC3)o2)cc1. The number of sulfonamides is 1. The second kappa shape index (κ2) is 6.11. The average Bonchev–Trinajstić information content (AvgIpc) is 3.04. The number of oxazole rings is 1. The highest BCUT2D eigenvalue weighted by atomic mass is 32.2. The lowest BCUT2D eigenvalue weighted by Crippen LogP contribution is -2.46. The fraction of sp³-hybridized carbons (Fsp3) is 0.286. The average molecular weight is 336 g/mol. The topological polar surface area (TPSA) is 119 Å². The Morgan fingerprint density at radius 3 is 2.48 bits per heavy atom. The van der Waals surface area contributed by atoms with Gasteiger partial charge in [-0.2, -0.15) is 0 Å². The number of carbonyl (C=O) groups excluding carboxylic acids is 1. The van der Waals surface area contributed by atoms with Gasteiger partial charge in [-0.05, 0) is 24.3 Å². The van der Waals surface area contributed by atoms with E-state index in [4.69, 9.17) is 9.56 Å². The van der Waals surface area contributed by atoms with Crippen molar-refractivity contribution < 1.29 is 17.6 Å². The van der Waals surface area contributed by atoms with Gasteiger partial charge in [-0.1, -0.05) is 0 Å². The Labute approximate surface area is 133 Å². The van der Waals surface area contributed by atoms with Gasteiger partial charge >= 0.3 is 5.91 Å². The second-order valence-electron chi connectivity index (χ2n) is 5.14. The van der Waals surface area contributed by atoms with Crippen molar-refractivity contribution >= 4 is 15.9 Å². The van der Waals surface area contributed by atoms with Crippen LogP contribution >= 0.6 is 0 Å². The first-order valence-corrected chi connectivity index (χ1v) is 8.59. The molecule has 1 saturated heterocycles. The Kier molecular flexibility index (Phi) is 4.16. The molecular weight excluding hydrogens is 320 g/mol. The van der Waals surface area contributed by atoms with Crippen molar-refractivity contribution in [2.75, 3.05) is 26.2 Å². The van der Waals surface area contributed by atoms with Gasteiger partial charge in [-0.3, -0.25) is 4.79 Å². The minimum absolute atomic E-state index is 0.0119. The van der Waals surface area contributed by atoms with Crippen LogP contribution in [-0.2, 0) is 10.0 Å². The Morgan fingerprint density at radius 1 is 1.22 bits per heavy atom. The molecule has 0 atom stereocenters. The van der Waals surface area contributed by atoms with Gasteiger partial charge in [0.05, 0.1) is 11.1 Å². The van der Waals surface area contributed by atoms with Crippen LogP contribution in [-0.4, -0.2) is 50.4 Å². The van der Waals surface area contributed by atoms with Gasteiger partial charge in [0.1, 0.15) is 0 Å². The fourth-order valence-electron chi connectivity index (χ4n) is 2.32. The summed E-state index contributed by atoms with van der Waals surface area (Å²) < 4.78 is 28.0. The number of hydrogen-bond donors (Lipinski definition) is 2. The van der Waals surface area contributed by atoms with Crippen molar-refractivity contribution in [3.8, 4) is 11.3 Å². The number of piperazine rings is 1. The number of primary sulfonamides is 1. The summed E-state index contributed by atoms with van der Waals surface area (Å²) in [6, 6.07) is 5.87. The Bertz CT molecular complexity index is 808. The maximum absolute atomic E-state index is 12.3. The van der Waals surface area contributed by atoms with E-state index in [-0.39, 0.29) is 16.7 Å². The van der Waals surface area contributed by atoms with Crippen LogP contribution in [0.5, 0.6) is 0 Å². The zero-order valence-corrected chi connectivity index (χ0v) is 13.0. The predicted octanol–water partition coefficient (Wildman–Crippen LogP) is 0.0344. The highest BCUT2D eigenvalue weighted by molar-refractivity contribution is 7.89. The first kappa shape index (κ1) is 15.7. The Morgan fingerprint density at radius 2 is 1.87 bits per heavy atom. The number of nitrogens with zero attached hydrogens (tertiary/aromatic N) is 2. The van der Waals surface area contributed by atoms with Gasteiger partial charge < -0.3 is 14.6 Å². The van der Waals surface area contributed by atoms with Crippen molar-refractivity contribution in [3.05, 3.63) is 36.4 Å². The molecule has 0 spiro atoms. The van der Waals surface area contributed by atoms with E-state index in [1.807, 2.05) is 0 Å². The molecule has 1 amide bonds. The first-order valence-electron chi connectivity index (χ1n) is 7.04. The zero-order chi connectivity index (χ0) is 16.4. The van der Waals surface area contributed by atoms with E-state index in [9.17, 15) is 13.2 Å². The monoisotopic (exact) mass is 336 g/mol. The molecular formula is C14H16N4O4S. The molecule has 23 heavy (non-hydrogen) atoms. The first-order chi connectivity index (χ1) is 10.9. The molecule has 0 unspecified atom stereocenters. The molecule has 122 valence electrons. The lowest BCUT2D eigenvalue weighted by Gasteiger charge is -2.25. The number of nitrogens with two attached hydrogens (primary N) is 1. The molecule has 3 N–H and O–H groups in total. The van der Waals surface area contributed by atoms with Crippen LogP contribution < -0.4 is 10.5 Å². The van der Waals surface area contributed by atoms with E-state index in [0.29, 0.717) is 24.4 Å². The number of benzene rings is 1. The van der Waals surface area contributed by atoms with Gasteiger partial charge in [0.25, 0.3) is 5.89 Å². The third kappa shape index (κ3) is 3.41. The van der Waals surface area contributed by atoms with Crippen molar-refractivity contribution in [2.45, 2.75) is 4.90 Å². The summed E-state index contributed by atoms with van der Waals surface area (Å²) in [7, 11) is -3.74. The van der Waals surface area contributed by atoms with E-state index >= 15 is 0 Å². The standard InChI is InChI=1S/C14H16N4O4S/c15-23(20,21)11-3-1-10(2-4-11)12-9-17-13(22-12)14(19)18-7-5-16-6-8-18/h1-4,9,16H,5-8H2,(H2,15,20,21). The number of rotatable bonds is 3. The van der Waals surface area contributed by atoms with E-state index < -0.39 is 10.0 Å². The van der Waals surface area contributed by atoms with Crippen molar-refractivity contribution in [1.82, 2.24) is 15.2 Å². The molecule has 0 saturated carbocycles. The third-order valence-corrected chi connectivity index (χ3v) is 4.49. The maximum atomic E-state index is 12.3. The summed E-state index contributed by atoms with van der Waals surface area (Å²) in [6.45, 7) is 2.71. The van der Waals surface area contributed by atoms with Crippen LogP contribution in [0.3, 0.4) is 0 Å². The van der Waals surface area contributed by atoms with E-state index in [0.717, 1.165) is 13.1 Å². The summed E-state index contributed by atoms with van der Waals surface area (Å²) in [5, 5.41) is 8.22. The van der Waals surface area contributed by atoms with Crippen LogP contribution in [0, 0.1) is 0 Å². The summed E-state index contributed by atoms with van der Waals surface area (Å²) in [6.07, 6.45) is 1.45. The molecule has 1 aromatic heterocycles. The summed E-state index contributed by atoms with van der Waals surface area (Å²) in [5.41, 5.74) is 0.615. The molecule has 1 aromatic carbocycles. The number of amides is 1. The highest BCUT2D eigenvalue weighted by Crippen LogP contribution is 2.22. The summed E-state index contributed by atoms with van der Waals surface area (Å²) >= 11 is 0. The largest absolute Gasteiger partial charge is 0.432 e. The van der Waals surface area contributed by atoms with Crippen molar-refractivity contribution in [3.63, 3.8) is 0 Å². The molecule has 1 aliphatic rings. The molecule has 0 radical (unpaired) electrons. The maximum Gasteiger partial charge on any atom is 0.309 e. The Balaban J connectivity index is 1.80. The number of nitrogens with one attached hydrogen (secondary N) is 1. The van der Waals surface area contributed by atoms with Gasteiger partial charge in [0.15, 0.2) is 5.76 Å². The van der Waals surface area contributed by atoms with E-state index in [1.165, 1.54) is 18.3 Å².